The summed E-state index contributed by atoms with van der Waals surface area (Å²) in [6.07, 6.45) is 2.89. The molecule has 0 aromatic carbocycles. The van der Waals surface area contributed by atoms with Gasteiger partial charge in [-0.15, -0.1) is 11.6 Å². The minimum Gasteiger partial charge on any atom is -0.310 e. The average Bonchev–Trinajstić information content (AvgIpc) is 2.66. The van der Waals surface area contributed by atoms with Crippen molar-refractivity contribution in [2.24, 2.45) is 0 Å². The molecule has 0 aliphatic carbocycles. The number of rotatable bonds is 5. The van der Waals surface area contributed by atoms with Crippen LogP contribution in [0, 0.1) is 6.92 Å². The molecule has 2 rings (SSSR count). The van der Waals surface area contributed by atoms with Gasteiger partial charge in [0.1, 0.15) is 11.3 Å². The summed E-state index contributed by atoms with van der Waals surface area (Å²) >= 11 is 6.14. The smallest absolute Gasteiger partial charge is 0.208 e. The number of alkyl halides is 1. The lowest BCUT2D eigenvalue weighted by molar-refractivity contribution is 0.576. The molecule has 2 aromatic rings. The summed E-state index contributed by atoms with van der Waals surface area (Å²) < 4.78 is 26.5. The minimum atomic E-state index is -3.21. The summed E-state index contributed by atoms with van der Waals surface area (Å²) in [6.45, 7) is 4.49. The summed E-state index contributed by atoms with van der Waals surface area (Å²) in [6, 6.07) is 1.94. The van der Waals surface area contributed by atoms with Crippen LogP contribution in [0.3, 0.4) is 0 Å². The van der Waals surface area contributed by atoms with Gasteiger partial charge < -0.3 is 4.57 Å². The topological polar surface area (TPSA) is 76.9 Å². The van der Waals surface area contributed by atoms with Crippen LogP contribution in [0.2, 0.25) is 0 Å². The van der Waals surface area contributed by atoms with Crippen molar-refractivity contribution in [3.05, 3.63) is 23.7 Å². The van der Waals surface area contributed by atoms with Gasteiger partial charge in [0.2, 0.25) is 10.0 Å². The molecule has 0 saturated heterocycles. The van der Waals surface area contributed by atoms with Gasteiger partial charge in [-0.05, 0) is 25.5 Å². The van der Waals surface area contributed by atoms with Crippen LogP contribution in [-0.4, -0.2) is 35.8 Å². The number of fused-ring (bicyclic) bond motifs is 1. The van der Waals surface area contributed by atoms with Crippen LogP contribution in [0.25, 0.3) is 11.2 Å². The minimum absolute atomic E-state index is 0.274. The molecule has 1 atom stereocenters. The standard InChI is InChI=1S/C12H17ClN4O2S/c1-8-6-10-12(14-7-8)17(11(16-10)9(2)13)5-4-15-20(3,18)19/h6-7,9,15H,4-5H2,1-3H3. The van der Waals surface area contributed by atoms with E-state index in [1.165, 1.54) is 0 Å². The molecule has 0 amide bonds. The van der Waals surface area contributed by atoms with Crippen molar-refractivity contribution < 1.29 is 8.42 Å². The molecule has 2 aromatic heterocycles. The Bertz CT molecular complexity index is 724. The van der Waals surface area contributed by atoms with E-state index in [9.17, 15) is 8.42 Å². The van der Waals surface area contributed by atoms with E-state index in [0.29, 0.717) is 18.0 Å². The number of nitrogens with zero attached hydrogens (tertiary/aromatic N) is 3. The molecule has 1 N–H and O–H groups in total. The van der Waals surface area contributed by atoms with Gasteiger partial charge in [-0.1, -0.05) is 0 Å². The average molecular weight is 317 g/mol. The maximum Gasteiger partial charge on any atom is 0.208 e. The molecule has 2 heterocycles. The first-order valence-corrected chi connectivity index (χ1v) is 8.52. The SMILES string of the molecule is Cc1cnc2c(c1)nc(C(C)Cl)n2CCNS(C)(=O)=O. The number of sulfonamides is 1. The van der Waals surface area contributed by atoms with Gasteiger partial charge in [0, 0.05) is 19.3 Å². The highest BCUT2D eigenvalue weighted by molar-refractivity contribution is 7.88. The number of halogens is 1. The fraction of sp³-hybridized carbons (Fsp3) is 0.500. The van der Waals surface area contributed by atoms with Gasteiger partial charge in [-0.3, -0.25) is 0 Å². The van der Waals surface area contributed by atoms with E-state index in [0.717, 1.165) is 17.3 Å². The van der Waals surface area contributed by atoms with Gasteiger partial charge in [-0.2, -0.15) is 0 Å². The third kappa shape index (κ3) is 3.47. The monoisotopic (exact) mass is 316 g/mol. The molecule has 0 aliphatic rings. The van der Waals surface area contributed by atoms with Gasteiger partial charge >= 0.3 is 0 Å². The number of aryl methyl sites for hydroxylation is 1. The highest BCUT2D eigenvalue weighted by Crippen LogP contribution is 2.23. The van der Waals surface area contributed by atoms with Crippen LogP contribution in [0.4, 0.5) is 0 Å². The van der Waals surface area contributed by atoms with Crippen molar-refractivity contribution in [1.29, 1.82) is 0 Å². The highest BCUT2D eigenvalue weighted by atomic mass is 35.5. The second-order valence-electron chi connectivity index (χ2n) is 4.76. The van der Waals surface area contributed by atoms with Crippen molar-refractivity contribution in [2.75, 3.05) is 12.8 Å². The maximum absolute atomic E-state index is 11.1. The second-order valence-corrected chi connectivity index (χ2v) is 7.25. The highest BCUT2D eigenvalue weighted by Gasteiger charge is 2.16. The van der Waals surface area contributed by atoms with Gasteiger partial charge in [0.15, 0.2) is 5.65 Å². The van der Waals surface area contributed by atoms with E-state index in [1.54, 1.807) is 6.20 Å². The first-order valence-electron chi connectivity index (χ1n) is 6.19. The van der Waals surface area contributed by atoms with E-state index in [1.807, 2.05) is 24.5 Å². The third-order valence-electron chi connectivity index (χ3n) is 2.81. The summed E-state index contributed by atoms with van der Waals surface area (Å²) in [7, 11) is -3.21. The van der Waals surface area contributed by atoms with Gasteiger partial charge in [0.05, 0.1) is 11.6 Å². The van der Waals surface area contributed by atoms with E-state index in [4.69, 9.17) is 11.6 Å². The number of hydrogen-bond donors (Lipinski definition) is 1. The zero-order valence-corrected chi connectivity index (χ0v) is 13.2. The van der Waals surface area contributed by atoms with Crippen LogP contribution >= 0.6 is 11.6 Å². The Labute approximate surface area is 123 Å². The van der Waals surface area contributed by atoms with Crippen molar-refractivity contribution in [1.82, 2.24) is 19.3 Å². The van der Waals surface area contributed by atoms with E-state index >= 15 is 0 Å². The zero-order chi connectivity index (χ0) is 14.9. The molecule has 8 heteroatoms. The molecule has 110 valence electrons. The molecule has 0 saturated carbocycles. The lowest BCUT2D eigenvalue weighted by atomic mass is 10.3. The summed E-state index contributed by atoms with van der Waals surface area (Å²) in [5, 5.41) is -0.275. The van der Waals surface area contributed by atoms with E-state index < -0.39 is 10.0 Å². The molecule has 1 unspecified atom stereocenters. The molecule has 0 bridgehead atoms. The van der Waals surface area contributed by atoms with Gasteiger partial charge in [0.25, 0.3) is 0 Å². The molecular formula is C12H17ClN4O2S. The lowest BCUT2D eigenvalue weighted by Gasteiger charge is -2.10. The van der Waals surface area contributed by atoms with E-state index in [-0.39, 0.29) is 11.9 Å². The number of aromatic nitrogens is 3. The van der Waals surface area contributed by atoms with Crippen LogP contribution < -0.4 is 4.72 Å². The summed E-state index contributed by atoms with van der Waals surface area (Å²) in [5.41, 5.74) is 2.51. The quantitative estimate of drug-likeness (QED) is 0.850. The molecule has 0 radical (unpaired) electrons. The Kier molecular flexibility index (Phi) is 4.31. The van der Waals surface area contributed by atoms with E-state index in [2.05, 4.69) is 14.7 Å². The lowest BCUT2D eigenvalue weighted by Crippen LogP contribution is -2.26. The van der Waals surface area contributed by atoms with Crippen LogP contribution in [0.5, 0.6) is 0 Å². The maximum atomic E-state index is 11.1. The predicted octanol–water partition coefficient (Wildman–Crippen LogP) is 1.59. The first kappa shape index (κ1) is 15.2. The largest absolute Gasteiger partial charge is 0.310 e. The molecule has 6 nitrogen and oxygen atoms in total. The number of hydrogen-bond acceptors (Lipinski definition) is 4. The zero-order valence-electron chi connectivity index (χ0n) is 11.6. The Balaban J connectivity index is 2.36. The van der Waals surface area contributed by atoms with Crippen molar-refractivity contribution in [2.45, 2.75) is 25.8 Å². The first-order chi connectivity index (χ1) is 9.28. The molecule has 0 aliphatic heterocycles. The number of nitrogens with one attached hydrogen (secondary N) is 1. The Morgan fingerprint density at radius 2 is 2.20 bits per heavy atom. The summed E-state index contributed by atoms with van der Waals surface area (Å²) in [5.74, 6) is 0.690. The Morgan fingerprint density at radius 1 is 1.50 bits per heavy atom. The van der Waals surface area contributed by atoms with Gasteiger partial charge in [-0.25, -0.2) is 23.1 Å². The van der Waals surface area contributed by atoms with Crippen LogP contribution in [0.1, 0.15) is 23.7 Å². The van der Waals surface area contributed by atoms with Crippen LogP contribution in [0.15, 0.2) is 12.3 Å². The number of imidazole rings is 1. The molecule has 0 fully saturated rings. The van der Waals surface area contributed by atoms with Crippen LogP contribution in [-0.2, 0) is 16.6 Å². The molecular weight excluding hydrogens is 300 g/mol. The fourth-order valence-electron chi connectivity index (χ4n) is 2.00. The third-order valence-corrected chi connectivity index (χ3v) is 3.73. The molecule has 20 heavy (non-hydrogen) atoms. The summed E-state index contributed by atoms with van der Waals surface area (Å²) in [4.78, 5) is 8.84. The number of pyridine rings is 1. The fourth-order valence-corrected chi connectivity index (χ4v) is 2.62. The van der Waals surface area contributed by atoms with Crippen molar-refractivity contribution in [3.63, 3.8) is 0 Å². The van der Waals surface area contributed by atoms with Crippen molar-refractivity contribution in [3.8, 4) is 0 Å². The second kappa shape index (κ2) is 5.67. The normalized spacial score (nSPS) is 13.8. The Morgan fingerprint density at radius 3 is 2.80 bits per heavy atom. The molecule has 0 spiro atoms. The van der Waals surface area contributed by atoms with Crippen molar-refractivity contribution >= 4 is 32.8 Å². The predicted molar refractivity (Wildman–Crippen MR) is 79.4 cm³/mol. The Hall–Kier alpha value is -1.18.